The molecule has 0 spiro atoms. The Labute approximate surface area is 114 Å². The van der Waals surface area contributed by atoms with Crippen molar-refractivity contribution in [2.75, 3.05) is 11.4 Å². The Morgan fingerprint density at radius 1 is 1.30 bits per heavy atom. The molecule has 2 aromatic heterocycles. The zero-order chi connectivity index (χ0) is 14.3. The number of anilines is 1. The van der Waals surface area contributed by atoms with Gasteiger partial charge in [0.25, 0.3) is 0 Å². The van der Waals surface area contributed by atoms with Gasteiger partial charge in [0, 0.05) is 31.2 Å². The van der Waals surface area contributed by atoms with Gasteiger partial charge < -0.3 is 9.30 Å². The van der Waals surface area contributed by atoms with Gasteiger partial charge in [-0.25, -0.2) is 9.97 Å². The fourth-order valence-corrected chi connectivity index (χ4v) is 2.66. The molecule has 0 N–H and O–H groups in total. The number of hydrogen-bond donors (Lipinski definition) is 0. The van der Waals surface area contributed by atoms with Gasteiger partial charge in [-0.15, -0.1) is 0 Å². The van der Waals surface area contributed by atoms with Crippen LogP contribution in [0.2, 0.25) is 0 Å². The van der Waals surface area contributed by atoms with Gasteiger partial charge in [-0.1, -0.05) is 0 Å². The number of hydrogen-bond acceptors (Lipinski definition) is 3. The van der Waals surface area contributed by atoms with Gasteiger partial charge in [0.05, 0.1) is 0 Å². The van der Waals surface area contributed by atoms with Crippen LogP contribution in [0.15, 0.2) is 18.6 Å². The van der Waals surface area contributed by atoms with E-state index in [2.05, 4.69) is 16.9 Å². The summed E-state index contributed by atoms with van der Waals surface area (Å²) in [5, 5.41) is 0. The second kappa shape index (κ2) is 4.64. The summed E-state index contributed by atoms with van der Waals surface area (Å²) in [5.41, 5.74) is -0.606. The van der Waals surface area contributed by atoms with Crippen molar-refractivity contribution in [2.24, 2.45) is 0 Å². The number of halogens is 3. The number of piperidine rings is 1. The zero-order valence-electron chi connectivity index (χ0n) is 11.1. The van der Waals surface area contributed by atoms with E-state index in [1.807, 2.05) is 4.90 Å². The van der Waals surface area contributed by atoms with E-state index in [9.17, 15) is 13.2 Å². The lowest BCUT2D eigenvalue weighted by atomic mass is 10.0. The Morgan fingerprint density at radius 3 is 2.80 bits per heavy atom. The van der Waals surface area contributed by atoms with Crippen LogP contribution in [-0.2, 0) is 6.18 Å². The van der Waals surface area contributed by atoms with E-state index in [4.69, 9.17) is 0 Å². The van der Waals surface area contributed by atoms with E-state index < -0.39 is 11.9 Å². The smallest absolute Gasteiger partial charge is 0.351 e. The van der Waals surface area contributed by atoms with E-state index in [1.54, 1.807) is 0 Å². The first-order valence-electron chi connectivity index (χ1n) is 6.64. The van der Waals surface area contributed by atoms with Crippen LogP contribution in [0.1, 0.15) is 31.9 Å². The van der Waals surface area contributed by atoms with Gasteiger partial charge in [-0.2, -0.15) is 13.2 Å². The number of imidazole rings is 1. The van der Waals surface area contributed by atoms with E-state index in [0.29, 0.717) is 5.82 Å². The van der Waals surface area contributed by atoms with Crippen molar-refractivity contribution in [1.29, 1.82) is 0 Å². The molecule has 1 saturated heterocycles. The molecule has 3 heterocycles. The minimum atomic E-state index is -4.43. The minimum absolute atomic E-state index is 0.272. The fraction of sp³-hybridized carbons (Fsp3) is 0.538. The molecule has 1 atom stereocenters. The van der Waals surface area contributed by atoms with Crippen LogP contribution in [0.4, 0.5) is 19.0 Å². The third kappa shape index (κ3) is 2.21. The summed E-state index contributed by atoms with van der Waals surface area (Å²) < 4.78 is 39.7. The highest BCUT2D eigenvalue weighted by molar-refractivity contribution is 5.65. The lowest BCUT2D eigenvalue weighted by Crippen LogP contribution is -2.38. The lowest BCUT2D eigenvalue weighted by Gasteiger charge is -2.34. The van der Waals surface area contributed by atoms with Crippen LogP contribution < -0.4 is 4.90 Å². The van der Waals surface area contributed by atoms with Crippen molar-refractivity contribution < 1.29 is 13.2 Å². The molecule has 1 fully saturated rings. The number of nitrogens with zero attached hydrogens (tertiary/aromatic N) is 4. The average molecular weight is 284 g/mol. The van der Waals surface area contributed by atoms with E-state index in [0.717, 1.165) is 32.0 Å². The molecule has 108 valence electrons. The molecule has 1 aliphatic heterocycles. The monoisotopic (exact) mass is 284 g/mol. The van der Waals surface area contributed by atoms with Crippen molar-refractivity contribution in [1.82, 2.24) is 14.4 Å². The number of fused-ring (bicyclic) bond motifs is 1. The lowest BCUT2D eigenvalue weighted by molar-refractivity contribution is -0.140. The van der Waals surface area contributed by atoms with Crippen LogP contribution in [0, 0.1) is 0 Å². The minimum Gasteiger partial charge on any atom is -0.351 e. The van der Waals surface area contributed by atoms with Crippen molar-refractivity contribution >= 4 is 11.5 Å². The van der Waals surface area contributed by atoms with E-state index in [1.165, 1.54) is 16.8 Å². The highest BCUT2D eigenvalue weighted by Gasteiger charge is 2.35. The first-order chi connectivity index (χ1) is 9.47. The van der Waals surface area contributed by atoms with Crippen molar-refractivity contribution in [3.05, 3.63) is 24.3 Å². The molecule has 0 bridgehead atoms. The maximum absolute atomic E-state index is 12.8. The average Bonchev–Trinajstić information content (AvgIpc) is 2.83. The summed E-state index contributed by atoms with van der Waals surface area (Å²) in [6.07, 6.45) is 2.78. The summed E-state index contributed by atoms with van der Waals surface area (Å²) in [7, 11) is 0. The normalized spacial score (nSPS) is 20.6. The van der Waals surface area contributed by atoms with Gasteiger partial charge >= 0.3 is 6.18 Å². The highest BCUT2D eigenvalue weighted by atomic mass is 19.4. The molecule has 0 aromatic carbocycles. The molecule has 0 aliphatic carbocycles. The summed E-state index contributed by atoms with van der Waals surface area (Å²) in [5.74, 6) is 0.537. The third-order valence-corrected chi connectivity index (χ3v) is 3.72. The van der Waals surface area contributed by atoms with Gasteiger partial charge in [0.15, 0.2) is 17.2 Å². The predicted molar refractivity (Wildman–Crippen MR) is 68.6 cm³/mol. The Kier molecular flexibility index (Phi) is 3.07. The molecular formula is C13H15F3N4. The zero-order valence-corrected chi connectivity index (χ0v) is 11.1. The van der Waals surface area contributed by atoms with Crippen LogP contribution in [0.3, 0.4) is 0 Å². The molecule has 20 heavy (non-hydrogen) atoms. The quantitative estimate of drug-likeness (QED) is 0.806. The molecule has 3 rings (SSSR count). The number of aromatic nitrogens is 3. The van der Waals surface area contributed by atoms with Crippen molar-refractivity contribution in [2.45, 2.75) is 38.4 Å². The molecule has 7 heteroatoms. The van der Waals surface area contributed by atoms with Crippen LogP contribution >= 0.6 is 0 Å². The first kappa shape index (κ1) is 13.2. The highest BCUT2D eigenvalue weighted by Crippen LogP contribution is 2.31. The van der Waals surface area contributed by atoms with Crippen molar-refractivity contribution in [3.8, 4) is 0 Å². The maximum Gasteiger partial charge on any atom is 0.434 e. The number of alkyl halides is 3. The summed E-state index contributed by atoms with van der Waals surface area (Å²) in [6.45, 7) is 2.88. The SMILES string of the molecule is CC1CCCCN1c1nccn2cc(C(F)(F)F)nc12. The topological polar surface area (TPSA) is 33.4 Å². The molecule has 2 aromatic rings. The largest absolute Gasteiger partial charge is 0.434 e. The van der Waals surface area contributed by atoms with Crippen LogP contribution in [0.5, 0.6) is 0 Å². The molecule has 4 nitrogen and oxygen atoms in total. The standard InChI is InChI=1S/C13H15F3N4/c1-9-4-2-3-6-20(9)11-12-18-10(13(14,15)16)8-19(12)7-5-17-11/h5,7-9H,2-4,6H2,1H3. The van der Waals surface area contributed by atoms with Crippen LogP contribution in [-0.4, -0.2) is 27.0 Å². The number of rotatable bonds is 1. The van der Waals surface area contributed by atoms with Gasteiger partial charge in [-0.05, 0) is 26.2 Å². The molecule has 1 unspecified atom stereocenters. The first-order valence-corrected chi connectivity index (χ1v) is 6.64. The Hall–Kier alpha value is -1.79. The second-order valence-electron chi connectivity index (χ2n) is 5.14. The summed E-state index contributed by atoms with van der Waals surface area (Å²) >= 11 is 0. The molecular weight excluding hydrogens is 269 g/mol. The third-order valence-electron chi connectivity index (χ3n) is 3.72. The molecule has 0 amide bonds. The predicted octanol–water partition coefficient (Wildman–Crippen LogP) is 3.13. The summed E-state index contributed by atoms with van der Waals surface area (Å²) in [6, 6.07) is 0.272. The fourth-order valence-electron chi connectivity index (χ4n) is 2.66. The van der Waals surface area contributed by atoms with E-state index >= 15 is 0 Å². The molecule has 0 saturated carbocycles. The molecule has 0 radical (unpaired) electrons. The van der Waals surface area contributed by atoms with Crippen LogP contribution in [0.25, 0.3) is 5.65 Å². The van der Waals surface area contributed by atoms with Gasteiger partial charge in [0.1, 0.15) is 0 Å². The maximum atomic E-state index is 12.8. The second-order valence-corrected chi connectivity index (χ2v) is 5.14. The van der Waals surface area contributed by atoms with E-state index in [-0.39, 0.29) is 11.7 Å². The van der Waals surface area contributed by atoms with Gasteiger partial charge in [-0.3, -0.25) is 0 Å². The van der Waals surface area contributed by atoms with Crippen molar-refractivity contribution in [3.63, 3.8) is 0 Å². The molecule has 1 aliphatic rings. The Morgan fingerprint density at radius 2 is 2.10 bits per heavy atom. The Balaban J connectivity index is 2.09. The summed E-state index contributed by atoms with van der Waals surface area (Å²) in [4.78, 5) is 10.0. The Bertz CT molecular complexity index is 620. The van der Waals surface area contributed by atoms with Gasteiger partial charge in [0.2, 0.25) is 0 Å².